The Balaban J connectivity index is 1.47. The van der Waals surface area contributed by atoms with Gasteiger partial charge >= 0.3 is 0 Å². The van der Waals surface area contributed by atoms with Gasteiger partial charge in [0.25, 0.3) is 5.91 Å². The highest BCUT2D eigenvalue weighted by Gasteiger charge is 2.36. The maximum absolute atomic E-state index is 13.6. The lowest BCUT2D eigenvalue weighted by molar-refractivity contribution is 0.0709. The van der Waals surface area contributed by atoms with Crippen LogP contribution < -0.4 is 4.74 Å². The van der Waals surface area contributed by atoms with E-state index in [4.69, 9.17) is 9.26 Å². The third kappa shape index (κ3) is 3.51. The first-order valence-electron chi connectivity index (χ1n) is 10.4. The molecule has 2 aromatic heterocycles. The van der Waals surface area contributed by atoms with Crippen LogP contribution in [0, 0.1) is 6.92 Å². The van der Waals surface area contributed by atoms with Crippen LogP contribution in [-0.2, 0) is 0 Å². The normalized spacial score (nSPS) is 15.8. The highest BCUT2D eigenvalue weighted by Crippen LogP contribution is 2.35. The van der Waals surface area contributed by atoms with Crippen molar-refractivity contribution in [3.63, 3.8) is 0 Å². The summed E-state index contributed by atoms with van der Waals surface area (Å²) in [6, 6.07) is 12.9. The second-order valence-corrected chi connectivity index (χ2v) is 7.65. The molecule has 32 heavy (non-hydrogen) atoms. The fourth-order valence-electron chi connectivity index (χ4n) is 4.07. The molecule has 1 unspecified atom stereocenters. The molecule has 0 radical (unpaired) electrons. The maximum Gasteiger partial charge on any atom is 0.256 e. The number of para-hydroxylation sites is 1. The van der Waals surface area contributed by atoms with Crippen molar-refractivity contribution in [1.82, 2.24) is 30.0 Å². The third-order valence-electron chi connectivity index (χ3n) is 5.61. The van der Waals surface area contributed by atoms with Gasteiger partial charge < -0.3 is 14.2 Å². The average Bonchev–Trinajstić information content (AvgIpc) is 3.59. The van der Waals surface area contributed by atoms with E-state index in [1.807, 2.05) is 49.4 Å². The Kier molecular flexibility index (Phi) is 5.14. The van der Waals surface area contributed by atoms with Gasteiger partial charge in [0.05, 0.1) is 36.3 Å². The highest BCUT2D eigenvalue weighted by molar-refractivity contribution is 5.98. The Morgan fingerprint density at radius 2 is 1.97 bits per heavy atom. The predicted octanol–water partition coefficient (Wildman–Crippen LogP) is 3.61. The molecule has 1 atom stereocenters. The molecule has 1 amide bonds. The summed E-state index contributed by atoms with van der Waals surface area (Å²) in [5.74, 6) is 1.41. The Bertz CT molecular complexity index is 1250. The summed E-state index contributed by atoms with van der Waals surface area (Å²) in [5.41, 5.74) is 2.90. The Morgan fingerprint density at radius 1 is 1.16 bits per heavy atom. The zero-order chi connectivity index (χ0) is 22.1. The molecule has 3 heterocycles. The summed E-state index contributed by atoms with van der Waals surface area (Å²) in [6.07, 6.45) is 4.78. The number of likely N-dealkylation sites (tertiary alicyclic amines) is 1. The van der Waals surface area contributed by atoms with Gasteiger partial charge in [-0.15, -0.1) is 0 Å². The van der Waals surface area contributed by atoms with Crippen molar-refractivity contribution >= 4 is 5.91 Å². The van der Waals surface area contributed by atoms with Crippen LogP contribution in [0.25, 0.3) is 17.1 Å². The minimum absolute atomic E-state index is 0.111. The van der Waals surface area contributed by atoms with Gasteiger partial charge in [-0.1, -0.05) is 28.9 Å². The molecular weight excluding hydrogens is 408 g/mol. The Labute approximate surface area is 184 Å². The number of carbonyl (C=O) groups is 1. The number of benzene rings is 2. The lowest BCUT2D eigenvalue weighted by atomic mass is 10.1. The molecule has 1 saturated heterocycles. The van der Waals surface area contributed by atoms with E-state index in [2.05, 4.69) is 20.3 Å². The van der Waals surface area contributed by atoms with Crippen molar-refractivity contribution in [1.29, 1.82) is 0 Å². The molecule has 1 aliphatic heterocycles. The number of carbonyl (C=O) groups excluding carboxylic acids is 1. The average molecular weight is 430 g/mol. The first-order valence-corrected chi connectivity index (χ1v) is 10.4. The van der Waals surface area contributed by atoms with E-state index in [9.17, 15) is 4.79 Å². The van der Waals surface area contributed by atoms with Crippen LogP contribution in [0.4, 0.5) is 0 Å². The standard InChI is InChI=1S/C23H22N6O3/c1-15-9-10-18(29-24-11-12-25-29)17(14-15)23(30)28-13-5-7-19(28)22-26-21(27-32-22)16-6-3-4-8-20(16)31-2/h3-4,6,8-12,14,19H,5,7,13H2,1-2H3. The second-order valence-electron chi connectivity index (χ2n) is 7.65. The summed E-state index contributed by atoms with van der Waals surface area (Å²) in [7, 11) is 1.60. The monoisotopic (exact) mass is 430 g/mol. The minimum Gasteiger partial charge on any atom is -0.496 e. The van der Waals surface area contributed by atoms with E-state index in [1.54, 1.807) is 24.4 Å². The van der Waals surface area contributed by atoms with E-state index in [0.29, 0.717) is 35.3 Å². The largest absolute Gasteiger partial charge is 0.496 e. The molecule has 4 aromatic rings. The van der Waals surface area contributed by atoms with E-state index in [0.717, 1.165) is 24.0 Å². The molecule has 9 nitrogen and oxygen atoms in total. The molecular formula is C23H22N6O3. The Hall–Kier alpha value is -4.01. The first-order chi connectivity index (χ1) is 15.7. The van der Waals surface area contributed by atoms with Gasteiger partial charge in [-0.2, -0.15) is 20.0 Å². The third-order valence-corrected chi connectivity index (χ3v) is 5.61. The summed E-state index contributed by atoms with van der Waals surface area (Å²) in [6.45, 7) is 2.56. The number of nitrogens with zero attached hydrogens (tertiary/aromatic N) is 6. The lowest BCUT2D eigenvalue weighted by Crippen LogP contribution is -2.31. The van der Waals surface area contributed by atoms with E-state index in [1.165, 1.54) is 4.80 Å². The molecule has 0 saturated carbocycles. The van der Waals surface area contributed by atoms with Crippen molar-refractivity contribution in [2.24, 2.45) is 0 Å². The number of hydrogen-bond donors (Lipinski definition) is 0. The number of rotatable bonds is 5. The van der Waals surface area contributed by atoms with Crippen molar-refractivity contribution < 1.29 is 14.1 Å². The summed E-state index contributed by atoms with van der Waals surface area (Å²) in [4.78, 5) is 21.5. The number of aryl methyl sites for hydroxylation is 1. The number of aromatic nitrogens is 5. The van der Waals surface area contributed by atoms with Crippen molar-refractivity contribution in [3.05, 3.63) is 71.9 Å². The predicted molar refractivity (Wildman–Crippen MR) is 115 cm³/mol. The summed E-state index contributed by atoms with van der Waals surface area (Å²) in [5, 5.41) is 12.5. The molecule has 1 aliphatic rings. The maximum atomic E-state index is 13.6. The van der Waals surface area contributed by atoms with Gasteiger partial charge in [0.1, 0.15) is 11.8 Å². The minimum atomic E-state index is -0.294. The van der Waals surface area contributed by atoms with E-state index in [-0.39, 0.29) is 11.9 Å². The van der Waals surface area contributed by atoms with Crippen molar-refractivity contribution in [2.75, 3.05) is 13.7 Å². The van der Waals surface area contributed by atoms with Crippen LogP contribution in [0.2, 0.25) is 0 Å². The Morgan fingerprint density at radius 3 is 2.78 bits per heavy atom. The number of hydrogen-bond acceptors (Lipinski definition) is 7. The smallest absolute Gasteiger partial charge is 0.256 e. The van der Waals surface area contributed by atoms with E-state index >= 15 is 0 Å². The van der Waals surface area contributed by atoms with Gasteiger partial charge in [0, 0.05) is 6.54 Å². The zero-order valence-corrected chi connectivity index (χ0v) is 17.8. The van der Waals surface area contributed by atoms with Gasteiger partial charge in [-0.25, -0.2) is 0 Å². The van der Waals surface area contributed by atoms with Crippen molar-refractivity contribution in [2.45, 2.75) is 25.8 Å². The topological polar surface area (TPSA) is 99.2 Å². The molecule has 0 aliphatic carbocycles. The quantitative estimate of drug-likeness (QED) is 0.477. The van der Waals surface area contributed by atoms with Gasteiger partial charge in [-0.3, -0.25) is 4.79 Å². The van der Waals surface area contributed by atoms with Gasteiger partial charge in [0.15, 0.2) is 0 Å². The number of ether oxygens (including phenoxy) is 1. The molecule has 5 rings (SSSR count). The zero-order valence-electron chi connectivity index (χ0n) is 17.8. The van der Waals surface area contributed by atoms with Gasteiger partial charge in [-0.05, 0) is 44.0 Å². The van der Waals surface area contributed by atoms with Crippen LogP contribution in [0.1, 0.15) is 40.7 Å². The fraction of sp³-hybridized carbons (Fsp3) is 0.261. The van der Waals surface area contributed by atoms with Crippen LogP contribution >= 0.6 is 0 Å². The number of methoxy groups -OCH3 is 1. The lowest BCUT2D eigenvalue weighted by Gasteiger charge is -2.23. The molecule has 0 bridgehead atoms. The van der Waals surface area contributed by atoms with Crippen LogP contribution in [0.3, 0.4) is 0 Å². The molecule has 0 N–H and O–H groups in total. The summed E-state index contributed by atoms with van der Waals surface area (Å²) >= 11 is 0. The molecule has 0 spiro atoms. The van der Waals surface area contributed by atoms with Crippen LogP contribution in [0.5, 0.6) is 5.75 Å². The molecule has 162 valence electrons. The summed E-state index contributed by atoms with van der Waals surface area (Å²) < 4.78 is 11.0. The molecule has 2 aromatic carbocycles. The van der Waals surface area contributed by atoms with Crippen LogP contribution in [-0.4, -0.2) is 49.6 Å². The first kappa shape index (κ1) is 19.9. The van der Waals surface area contributed by atoms with Crippen molar-refractivity contribution in [3.8, 4) is 22.8 Å². The number of amides is 1. The molecule has 1 fully saturated rings. The fourth-order valence-corrected chi connectivity index (χ4v) is 4.07. The van der Waals surface area contributed by atoms with Gasteiger partial charge in [0.2, 0.25) is 11.7 Å². The van der Waals surface area contributed by atoms with E-state index < -0.39 is 0 Å². The molecule has 9 heteroatoms. The second kappa shape index (κ2) is 8.26. The van der Waals surface area contributed by atoms with Crippen LogP contribution in [0.15, 0.2) is 59.4 Å². The highest BCUT2D eigenvalue weighted by atomic mass is 16.5. The SMILES string of the molecule is COc1ccccc1-c1noc(C2CCCN2C(=O)c2cc(C)ccc2-n2nccn2)n1.